The fourth-order valence-electron chi connectivity index (χ4n) is 1.38. The van der Waals surface area contributed by atoms with Gasteiger partial charge >= 0.3 is 0 Å². The number of benzene rings is 1. The van der Waals surface area contributed by atoms with E-state index in [-0.39, 0.29) is 6.04 Å². The maximum atomic E-state index is 5.79. The summed E-state index contributed by atoms with van der Waals surface area (Å²) in [7, 11) is 0. The monoisotopic (exact) mass is 283 g/mol. The minimum atomic E-state index is 0.155. The van der Waals surface area contributed by atoms with Gasteiger partial charge in [-0.15, -0.1) is 0 Å². The van der Waals surface area contributed by atoms with Crippen LogP contribution in [-0.2, 0) is 6.42 Å². The summed E-state index contributed by atoms with van der Waals surface area (Å²) in [6, 6.07) is 6.15. The normalized spacial score (nSPS) is 13.0. The Labute approximate surface area is 106 Å². The quantitative estimate of drug-likeness (QED) is 0.842. The number of ether oxygens (including phenoxy) is 1. The molecule has 1 aromatic carbocycles. The van der Waals surface area contributed by atoms with E-state index in [1.165, 1.54) is 5.56 Å². The van der Waals surface area contributed by atoms with Crippen LogP contribution in [0.25, 0.3) is 0 Å². The fraction of sp³-hybridized carbons (Fsp3) is 0.385. The third kappa shape index (κ3) is 4.37. The van der Waals surface area contributed by atoms with Crippen molar-refractivity contribution < 1.29 is 4.74 Å². The first kappa shape index (κ1) is 13.3. The molecule has 0 aliphatic rings. The van der Waals surface area contributed by atoms with Crippen molar-refractivity contribution in [3.05, 3.63) is 40.4 Å². The van der Waals surface area contributed by atoms with Crippen molar-refractivity contribution in [2.45, 2.75) is 26.3 Å². The smallest absolute Gasteiger partial charge is 0.120 e. The van der Waals surface area contributed by atoms with Gasteiger partial charge in [-0.05, 0) is 44.0 Å². The number of rotatable bonds is 5. The lowest BCUT2D eigenvalue weighted by Gasteiger charge is -2.10. The third-order valence-corrected chi connectivity index (χ3v) is 2.91. The number of hydrogen-bond donors (Lipinski definition) is 1. The third-order valence-electron chi connectivity index (χ3n) is 2.14. The minimum Gasteiger partial charge on any atom is -0.490 e. The SMILES string of the molecule is C/C=C/COc1ccc(Br)c(CC(C)N)c1. The molecule has 0 amide bonds. The zero-order valence-electron chi connectivity index (χ0n) is 9.74. The molecule has 0 aromatic heterocycles. The van der Waals surface area contributed by atoms with E-state index in [0.717, 1.165) is 16.6 Å². The summed E-state index contributed by atoms with van der Waals surface area (Å²) in [5.41, 5.74) is 6.98. The zero-order chi connectivity index (χ0) is 12.0. The summed E-state index contributed by atoms with van der Waals surface area (Å²) < 4.78 is 6.66. The molecule has 0 spiro atoms. The largest absolute Gasteiger partial charge is 0.490 e. The van der Waals surface area contributed by atoms with Gasteiger partial charge in [0, 0.05) is 10.5 Å². The van der Waals surface area contributed by atoms with Crippen LogP contribution in [0.4, 0.5) is 0 Å². The van der Waals surface area contributed by atoms with Crippen LogP contribution in [0.15, 0.2) is 34.8 Å². The highest BCUT2D eigenvalue weighted by Crippen LogP contribution is 2.23. The number of nitrogens with two attached hydrogens (primary N) is 1. The average Bonchev–Trinajstić information content (AvgIpc) is 2.22. The molecule has 0 bridgehead atoms. The summed E-state index contributed by atoms with van der Waals surface area (Å²) in [4.78, 5) is 0. The first-order chi connectivity index (χ1) is 7.63. The summed E-state index contributed by atoms with van der Waals surface area (Å²) in [6.45, 7) is 4.59. The molecule has 88 valence electrons. The maximum Gasteiger partial charge on any atom is 0.120 e. The zero-order valence-corrected chi connectivity index (χ0v) is 11.3. The van der Waals surface area contributed by atoms with E-state index >= 15 is 0 Å². The Kier molecular flexibility index (Phi) is 5.56. The molecule has 1 aromatic rings. The van der Waals surface area contributed by atoms with Gasteiger partial charge in [0.2, 0.25) is 0 Å². The van der Waals surface area contributed by atoms with Crippen LogP contribution >= 0.6 is 15.9 Å². The average molecular weight is 284 g/mol. The summed E-state index contributed by atoms with van der Waals surface area (Å²) in [6.07, 6.45) is 4.80. The van der Waals surface area contributed by atoms with E-state index in [1.807, 2.05) is 44.2 Å². The van der Waals surface area contributed by atoms with Crippen LogP contribution in [0, 0.1) is 0 Å². The van der Waals surface area contributed by atoms with Crippen LogP contribution in [0.3, 0.4) is 0 Å². The molecule has 1 atom stereocenters. The topological polar surface area (TPSA) is 35.2 Å². The second-order valence-electron chi connectivity index (χ2n) is 3.81. The molecule has 2 nitrogen and oxygen atoms in total. The molecule has 1 rings (SSSR count). The molecule has 2 N–H and O–H groups in total. The second-order valence-corrected chi connectivity index (χ2v) is 4.67. The van der Waals surface area contributed by atoms with Crippen LogP contribution in [0.2, 0.25) is 0 Å². The minimum absolute atomic E-state index is 0.155. The van der Waals surface area contributed by atoms with Gasteiger partial charge in [-0.25, -0.2) is 0 Å². The van der Waals surface area contributed by atoms with E-state index in [2.05, 4.69) is 15.9 Å². The van der Waals surface area contributed by atoms with Crippen molar-refractivity contribution in [2.75, 3.05) is 6.61 Å². The van der Waals surface area contributed by atoms with Gasteiger partial charge in [-0.3, -0.25) is 0 Å². The molecule has 0 heterocycles. The maximum absolute atomic E-state index is 5.79. The molecule has 0 radical (unpaired) electrons. The Morgan fingerprint density at radius 3 is 2.88 bits per heavy atom. The van der Waals surface area contributed by atoms with E-state index in [9.17, 15) is 0 Å². The van der Waals surface area contributed by atoms with Crippen molar-refractivity contribution in [1.82, 2.24) is 0 Å². The Balaban J connectivity index is 2.72. The van der Waals surface area contributed by atoms with Crippen LogP contribution < -0.4 is 10.5 Å². The fourth-order valence-corrected chi connectivity index (χ4v) is 1.79. The van der Waals surface area contributed by atoms with Gasteiger partial charge < -0.3 is 10.5 Å². The summed E-state index contributed by atoms with van der Waals surface area (Å²) in [5, 5.41) is 0. The summed E-state index contributed by atoms with van der Waals surface area (Å²) >= 11 is 3.52. The molecule has 0 fully saturated rings. The first-order valence-electron chi connectivity index (χ1n) is 5.41. The van der Waals surface area contributed by atoms with Crippen LogP contribution in [0.1, 0.15) is 19.4 Å². The second kappa shape index (κ2) is 6.71. The van der Waals surface area contributed by atoms with E-state index in [1.54, 1.807) is 0 Å². The molecule has 3 heteroatoms. The van der Waals surface area contributed by atoms with Gasteiger partial charge in [0.25, 0.3) is 0 Å². The number of allylic oxidation sites excluding steroid dienone is 1. The highest BCUT2D eigenvalue weighted by molar-refractivity contribution is 9.10. The summed E-state index contributed by atoms with van der Waals surface area (Å²) in [5.74, 6) is 0.886. The Morgan fingerprint density at radius 1 is 1.50 bits per heavy atom. The van der Waals surface area contributed by atoms with Crippen molar-refractivity contribution in [3.8, 4) is 5.75 Å². The van der Waals surface area contributed by atoms with Crippen molar-refractivity contribution in [2.24, 2.45) is 5.73 Å². The lowest BCUT2D eigenvalue weighted by Crippen LogP contribution is -2.18. The van der Waals surface area contributed by atoms with Gasteiger partial charge in [0.1, 0.15) is 12.4 Å². The van der Waals surface area contributed by atoms with Gasteiger partial charge in [-0.1, -0.05) is 28.1 Å². The standard InChI is InChI=1S/C13H18BrNO/c1-3-4-7-16-12-5-6-13(14)11(9-12)8-10(2)15/h3-6,9-10H,7-8,15H2,1-2H3/b4-3+. The molecule has 1 unspecified atom stereocenters. The van der Waals surface area contributed by atoms with E-state index in [4.69, 9.17) is 10.5 Å². The molecule has 0 saturated carbocycles. The van der Waals surface area contributed by atoms with E-state index < -0.39 is 0 Å². The molecule has 0 aliphatic carbocycles. The highest BCUT2D eigenvalue weighted by atomic mass is 79.9. The molecular formula is C13H18BrNO. The predicted molar refractivity (Wildman–Crippen MR) is 71.8 cm³/mol. The Morgan fingerprint density at radius 2 is 2.25 bits per heavy atom. The highest BCUT2D eigenvalue weighted by Gasteiger charge is 2.04. The first-order valence-corrected chi connectivity index (χ1v) is 6.20. The molecule has 0 aliphatic heterocycles. The van der Waals surface area contributed by atoms with Crippen molar-refractivity contribution in [1.29, 1.82) is 0 Å². The van der Waals surface area contributed by atoms with Gasteiger partial charge in [0.05, 0.1) is 0 Å². The lowest BCUT2D eigenvalue weighted by molar-refractivity contribution is 0.362. The molecule has 0 saturated heterocycles. The van der Waals surface area contributed by atoms with Gasteiger partial charge in [-0.2, -0.15) is 0 Å². The molecular weight excluding hydrogens is 266 g/mol. The number of halogens is 1. The molecule has 16 heavy (non-hydrogen) atoms. The Hall–Kier alpha value is -0.800. The Bertz CT molecular complexity index is 361. The number of hydrogen-bond acceptors (Lipinski definition) is 2. The van der Waals surface area contributed by atoms with Crippen molar-refractivity contribution in [3.63, 3.8) is 0 Å². The van der Waals surface area contributed by atoms with Gasteiger partial charge in [0.15, 0.2) is 0 Å². The predicted octanol–water partition coefficient (Wildman–Crippen LogP) is 3.29. The van der Waals surface area contributed by atoms with E-state index in [0.29, 0.717) is 6.61 Å². The lowest BCUT2D eigenvalue weighted by atomic mass is 10.1. The van der Waals surface area contributed by atoms with Crippen molar-refractivity contribution >= 4 is 15.9 Å². The van der Waals surface area contributed by atoms with Crippen LogP contribution in [0.5, 0.6) is 5.75 Å². The van der Waals surface area contributed by atoms with Crippen LogP contribution in [-0.4, -0.2) is 12.6 Å².